The number of hydrogen-bond donors (Lipinski definition) is 1. The second-order valence-electron chi connectivity index (χ2n) is 8.93. The normalized spacial score (nSPS) is 17.9. The van der Waals surface area contributed by atoms with Gasteiger partial charge in [-0.2, -0.15) is 4.98 Å². The van der Waals surface area contributed by atoms with Gasteiger partial charge in [0.25, 0.3) is 11.7 Å². The first-order chi connectivity index (χ1) is 15.1. The van der Waals surface area contributed by atoms with E-state index in [1.807, 2.05) is 18.2 Å². The molecule has 166 valence electrons. The highest BCUT2D eigenvalue weighted by Crippen LogP contribution is 2.31. The summed E-state index contributed by atoms with van der Waals surface area (Å²) in [5.41, 5.74) is 2.40. The van der Waals surface area contributed by atoms with E-state index >= 15 is 0 Å². The lowest BCUT2D eigenvalue weighted by Crippen LogP contribution is -2.36. The van der Waals surface area contributed by atoms with Gasteiger partial charge in [-0.1, -0.05) is 74.4 Å². The molecule has 0 unspecified atom stereocenters. The average molecular weight is 426 g/mol. The molecule has 0 radical (unpaired) electrons. The summed E-state index contributed by atoms with van der Waals surface area (Å²) in [6, 6.07) is 8.11. The molecule has 1 aliphatic heterocycles. The van der Waals surface area contributed by atoms with Gasteiger partial charge in [0, 0.05) is 19.0 Å². The van der Waals surface area contributed by atoms with Crippen molar-refractivity contribution in [3.05, 3.63) is 47.1 Å². The molecule has 1 aliphatic carbocycles. The highest BCUT2D eigenvalue weighted by Gasteiger charge is 2.28. The molecule has 0 saturated heterocycles. The average Bonchev–Trinajstić information content (AvgIpc) is 3.28. The van der Waals surface area contributed by atoms with E-state index in [4.69, 9.17) is 4.52 Å². The Labute approximate surface area is 182 Å². The Morgan fingerprint density at radius 3 is 2.71 bits per heavy atom. The maximum Gasteiger partial charge on any atom is 0.304 e. The first kappa shape index (κ1) is 21.5. The van der Waals surface area contributed by atoms with E-state index in [1.54, 1.807) is 4.90 Å². The lowest BCUT2D eigenvalue weighted by atomic mass is 9.84. The smallest absolute Gasteiger partial charge is 0.304 e. The van der Waals surface area contributed by atoms with Gasteiger partial charge in [0.1, 0.15) is 0 Å². The van der Waals surface area contributed by atoms with Crippen molar-refractivity contribution in [1.29, 1.82) is 0 Å². The van der Waals surface area contributed by atoms with Gasteiger partial charge in [-0.15, -0.1) is 0 Å². The van der Waals surface area contributed by atoms with Crippen LogP contribution in [0.2, 0.25) is 0 Å². The molecule has 0 bridgehead atoms. The molecule has 2 heterocycles. The van der Waals surface area contributed by atoms with Crippen LogP contribution in [0, 0.1) is 5.92 Å². The maximum atomic E-state index is 12.9. The lowest BCUT2D eigenvalue weighted by molar-refractivity contribution is -0.137. The van der Waals surface area contributed by atoms with Crippen LogP contribution in [0.3, 0.4) is 0 Å². The predicted molar refractivity (Wildman–Crippen MR) is 115 cm³/mol. The zero-order chi connectivity index (χ0) is 21.6. The summed E-state index contributed by atoms with van der Waals surface area (Å²) in [4.78, 5) is 30.4. The largest absolute Gasteiger partial charge is 0.481 e. The number of carbonyl (C=O) groups excluding carboxylic acids is 1. The van der Waals surface area contributed by atoms with Crippen LogP contribution in [-0.4, -0.2) is 38.6 Å². The molecule has 1 N–H and O–H groups in total. The number of aliphatic carboxylic acids is 1. The molecular formula is C24H31N3O4. The molecule has 1 aromatic carbocycles. The Bertz CT molecular complexity index is 904. The van der Waals surface area contributed by atoms with Gasteiger partial charge in [0.15, 0.2) is 0 Å². The summed E-state index contributed by atoms with van der Waals surface area (Å²) in [5.74, 6) is -0.454. The molecule has 1 saturated carbocycles. The van der Waals surface area contributed by atoms with Crippen molar-refractivity contribution in [3.8, 4) is 0 Å². The fraction of sp³-hybridized carbons (Fsp3) is 0.583. The number of benzene rings is 1. The maximum absolute atomic E-state index is 12.9. The van der Waals surface area contributed by atoms with Gasteiger partial charge < -0.3 is 14.5 Å². The van der Waals surface area contributed by atoms with E-state index in [2.05, 4.69) is 16.2 Å². The predicted octanol–water partition coefficient (Wildman–Crippen LogP) is 4.58. The van der Waals surface area contributed by atoms with Crippen LogP contribution in [0.1, 0.15) is 91.3 Å². The van der Waals surface area contributed by atoms with E-state index in [-0.39, 0.29) is 30.0 Å². The third-order valence-corrected chi connectivity index (χ3v) is 6.71. The molecular weight excluding hydrogens is 394 g/mol. The van der Waals surface area contributed by atoms with Crippen molar-refractivity contribution < 1.29 is 19.2 Å². The zero-order valence-corrected chi connectivity index (χ0v) is 18.0. The molecule has 0 spiro atoms. The van der Waals surface area contributed by atoms with Crippen molar-refractivity contribution in [2.24, 2.45) is 5.92 Å². The number of hydrogen-bond acceptors (Lipinski definition) is 5. The number of nitrogens with zero attached hydrogens (tertiary/aromatic N) is 3. The molecule has 31 heavy (non-hydrogen) atoms. The van der Waals surface area contributed by atoms with Crippen LogP contribution in [-0.2, 0) is 17.8 Å². The first-order valence-electron chi connectivity index (χ1n) is 11.5. The minimum atomic E-state index is -0.888. The third-order valence-electron chi connectivity index (χ3n) is 6.71. The van der Waals surface area contributed by atoms with Gasteiger partial charge in [-0.05, 0) is 29.9 Å². The number of carboxylic acid groups (broad SMARTS) is 1. The zero-order valence-electron chi connectivity index (χ0n) is 18.0. The van der Waals surface area contributed by atoms with Crippen LogP contribution in [0.5, 0.6) is 0 Å². The summed E-state index contributed by atoms with van der Waals surface area (Å²) in [7, 11) is 0. The topological polar surface area (TPSA) is 96.5 Å². The van der Waals surface area contributed by atoms with Crippen LogP contribution < -0.4 is 0 Å². The fourth-order valence-electron chi connectivity index (χ4n) is 4.95. The summed E-state index contributed by atoms with van der Waals surface area (Å²) in [5, 5.41) is 13.2. The number of rotatable bonds is 8. The molecule has 7 nitrogen and oxygen atoms in total. The van der Waals surface area contributed by atoms with E-state index in [9.17, 15) is 14.7 Å². The Morgan fingerprint density at radius 1 is 1.16 bits per heavy atom. The third kappa shape index (κ3) is 5.51. The van der Waals surface area contributed by atoms with Gasteiger partial charge in [-0.25, -0.2) is 0 Å². The van der Waals surface area contributed by atoms with E-state index in [1.165, 1.54) is 37.7 Å². The molecule has 1 atom stereocenters. The Kier molecular flexibility index (Phi) is 6.99. The van der Waals surface area contributed by atoms with E-state index < -0.39 is 5.97 Å². The Morgan fingerprint density at radius 2 is 1.94 bits per heavy atom. The Hall–Kier alpha value is -2.70. The first-order valence-corrected chi connectivity index (χ1v) is 11.5. The van der Waals surface area contributed by atoms with E-state index in [0.717, 1.165) is 30.7 Å². The number of carboxylic acids is 1. The van der Waals surface area contributed by atoms with Gasteiger partial charge in [0.2, 0.25) is 5.89 Å². The van der Waals surface area contributed by atoms with Crippen LogP contribution >= 0.6 is 0 Å². The van der Waals surface area contributed by atoms with Crippen LogP contribution in [0.25, 0.3) is 0 Å². The van der Waals surface area contributed by atoms with E-state index in [0.29, 0.717) is 19.5 Å². The number of aromatic nitrogens is 2. The molecule has 2 aliphatic rings. The van der Waals surface area contributed by atoms with Gasteiger partial charge in [-0.3, -0.25) is 9.59 Å². The highest BCUT2D eigenvalue weighted by atomic mass is 16.5. The number of fused-ring (bicyclic) bond motifs is 1. The van der Waals surface area contributed by atoms with Crippen molar-refractivity contribution in [1.82, 2.24) is 15.0 Å². The summed E-state index contributed by atoms with van der Waals surface area (Å²) in [6.07, 6.45) is 9.99. The summed E-state index contributed by atoms with van der Waals surface area (Å²) >= 11 is 0. The quantitative estimate of drug-likeness (QED) is 0.665. The molecule has 1 amide bonds. The SMILES string of the molecule is O=C(O)C[C@@H](CCCC1CCCCC1)c1nc(C(=O)N2CCc3ccccc3C2)no1. The van der Waals surface area contributed by atoms with Crippen molar-refractivity contribution in [2.45, 2.75) is 76.7 Å². The Balaban J connectivity index is 1.38. The molecule has 1 fully saturated rings. The minimum Gasteiger partial charge on any atom is -0.481 e. The fourth-order valence-corrected chi connectivity index (χ4v) is 4.95. The number of amides is 1. The van der Waals surface area contributed by atoms with Crippen molar-refractivity contribution >= 4 is 11.9 Å². The molecule has 1 aromatic heterocycles. The monoisotopic (exact) mass is 425 g/mol. The summed E-state index contributed by atoms with van der Waals surface area (Å²) < 4.78 is 5.38. The second kappa shape index (κ2) is 10.1. The number of carbonyl (C=O) groups is 2. The van der Waals surface area contributed by atoms with Crippen molar-refractivity contribution in [2.75, 3.05) is 6.54 Å². The molecule has 2 aromatic rings. The van der Waals surface area contributed by atoms with Gasteiger partial charge >= 0.3 is 5.97 Å². The van der Waals surface area contributed by atoms with Crippen LogP contribution in [0.4, 0.5) is 0 Å². The lowest BCUT2D eigenvalue weighted by Gasteiger charge is -2.27. The van der Waals surface area contributed by atoms with Gasteiger partial charge in [0.05, 0.1) is 6.42 Å². The second-order valence-corrected chi connectivity index (χ2v) is 8.93. The molecule has 4 rings (SSSR count). The standard InChI is InChI=1S/C24H31N3O4/c28-21(29)15-19(12-6-9-17-7-2-1-3-8-17)23-25-22(26-31-23)24(30)27-14-13-18-10-4-5-11-20(18)16-27/h4-5,10-11,17,19H,1-3,6-9,12-16H2,(H,28,29)/t19-/m1/s1. The van der Waals surface area contributed by atoms with Crippen molar-refractivity contribution in [3.63, 3.8) is 0 Å². The summed E-state index contributed by atoms with van der Waals surface area (Å²) in [6.45, 7) is 1.14. The molecule has 7 heteroatoms. The minimum absolute atomic E-state index is 0.0250. The highest BCUT2D eigenvalue weighted by molar-refractivity contribution is 5.90. The van der Waals surface area contributed by atoms with Crippen LogP contribution in [0.15, 0.2) is 28.8 Å².